The van der Waals surface area contributed by atoms with E-state index >= 15 is 33.6 Å². The molecule has 0 saturated carbocycles. The third kappa shape index (κ3) is 32.3. The minimum Gasteiger partial charge on any atom is -0.480 e. The monoisotopic (exact) mass is 1810 g/mol. The number of para-hydroxylation sites is 4. The number of aromatic nitrogens is 4. The average molecular weight is 1810 g/mol. The highest BCUT2D eigenvalue weighted by Crippen LogP contribution is 2.26. The number of hydrogen-bond acceptors (Lipinski definition) is 19. The van der Waals surface area contributed by atoms with Crippen molar-refractivity contribution in [3.63, 3.8) is 0 Å². The first-order valence-corrected chi connectivity index (χ1v) is 45.4. The highest BCUT2D eigenvalue weighted by Gasteiger charge is 2.40. The van der Waals surface area contributed by atoms with Crippen LogP contribution >= 0.6 is 0 Å². The van der Waals surface area contributed by atoms with Crippen molar-refractivity contribution in [2.45, 2.75) is 241 Å². The molecule has 39 nitrogen and oxygen atoms in total. The quantitative estimate of drug-likeness (QED) is 0.0147. The van der Waals surface area contributed by atoms with Crippen molar-refractivity contribution in [2.75, 3.05) is 39.3 Å². The second-order valence-corrected chi connectivity index (χ2v) is 33.9. The number of amides is 11. The molecule has 34 N–H and O–H groups in total. The SMILES string of the molecule is CC[C@H](C)[C@H](NC(=O)[C@H](Cc1c[nH]c2ccccc12)NC(=O)[C@H](CCCCN)NC(=O)[C@H](CCCNC(=N)N)NC(=O)[C@@H](N)CCCNC(=N)N)C(=O)N[C@@H](Cc1c[nH]c2ccccc12)C(=O)N[C@@H](Cc1c[nH]c2ccccc12)C(=O)N[C@@H](CC(C)C)C(=O)N[C@@H](Cc1c[nH]c2ccccc12)C(=O)N[C@@H](CCCCN)C(=O)N[C@@H](CCCCN)C(=O)N[C@@H](CCCCN)C(=O)O. The van der Waals surface area contributed by atoms with E-state index in [1.54, 1.807) is 50.8 Å². The summed E-state index contributed by atoms with van der Waals surface area (Å²) in [5.74, 6) is -11.6. The summed E-state index contributed by atoms with van der Waals surface area (Å²) in [6.07, 6.45) is 10.5. The molecule has 11 amide bonds. The number of rotatable bonds is 59. The molecule has 131 heavy (non-hydrogen) atoms. The van der Waals surface area contributed by atoms with Crippen LogP contribution in [0.4, 0.5) is 0 Å². The van der Waals surface area contributed by atoms with Crippen LogP contribution in [0.25, 0.3) is 43.6 Å². The van der Waals surface area contributed by atoms with E-state index in [0.717, 1.165) is 0 Å². The molecule has 712 valence electrons. The summed E-state index contributed by atoms with van der Waals surface area (Å²) in [4.78, 5) is 192. The van der Waals surface area contributed by atoms with Gasteiger partial charge in [-0.15, -0.1) is 0 Å². The summed E-state index contributed by atoms with van der Waals surface area (Å²) in [5, 5.41) is 64.8. The molecule has 0 radical (unpaired) electrons. The molecule has 0 bridgehead atoms. The number of guanidine groups is 2. The van der Waals surface area contributed by atoms with E-state index in [-0.39, 0.29) is 134 Å². The third-order valence-corrected chi connectivity index (χ3v) is 23.3. The van der Waals surface area contributed by atoms with Gasteiger partial charge in [0.2, 0.25) is 65.0 Å². The van der Waals surface area contributed by atoms with Gasteiger partial charge in [-0.25, -0.2) is 4.79 Å². The predicted molar refractivity (Wildman–Crippen MR) is 504 cm³/mol. The number of carboxylic acid groups (broad SMARTS) is 1. The predicted octanol–water partition coefficient (Wildman–Crippen LogP) is 1.76. The average Bonchev–Trinajstić information content (AvgIpc) is 1.57. The highest BCUT2D eigenvalue weighted by molar-refractivity contribution is 6.01. The molecule has 39 heteroatoms. The summed E-state index contributed by atoms with van der Waals surface area (Å²) in [7, 11) is 0. The molecule has 0 unspecified atom stereocenters. The molecule has 4 heterocycles. The number of benzene rings is 4. The minimum absolute atomic E-state index is 0.00196. The lowest BCUT2D eigenvalue weighted by atomic mass is 9.95. The van der Waals surface area contributed by atoms with Crippen LogP contribution in [-0.4, -0.2) is 220 Å². The largest absolute Gasteiger partial charge is 0.480 e. The first kappa shape index (κ1) is 103. The molecule has 4 aromatic carbocycles. The number of nitrogens with two attached hydrogens (primary N) is 7. The van der Waals surface area contributed by atoms with E-state index < -0.39 is 149 Å². The fourth-order valence-corrected chi connectivity index (χ4v) is 15.8. The van der Waals surface area contributed by atoms with E-state index in [0.29, 0.717) is 130 Å². The Labute approximate surface area is 762 Å². The Bertz CT molecular complexity index is 5120. The Kier molecular flexibility index (Phi) is 42.0. The number of aromatic amines is 4. The van der Waals surface area contributed by atoms with Crippen LogP contribution in [0.3, 0.4) is 0 Å². The van der Waals surface area contributed by atoms with Crippen LogP contribution in [-0.2, 0) is 83.2 Å². The Hall–Kier alpha value is -13.0. The summed E-state index contributed by atoms with van der Waals surface area (Å²) in [6.45, 7) is 8.62. The maximum atomic E-state index is 15.9. The van der Waals surface area contributed by atoms with E-state index in [1.165, 1.54) is 0 Å². The number of hydrogen-bond donors (Lipinski definition) is 27. The van der Waals surface area contributed by atoms with Gasteiger partial charge in [-0.05, 0) is 194 Å². The molecule has 8 aromatic rings. The van der Waals surface area contributed by atoms with Gasteiger partial charge in [0.05, 0.1) is 6.04 Å². The first-order chi connectivity index (χ1) is 62.9. The summed E-state index contributed by atoms with van der Waals surface area (Å²) in [5.41, 5.74) is 45.9. The van der Waals surface area contributed by atoms with E-state index in [4.69, 9.17) is 51.0 Å². The molecule has 4 aromatic heterocycles. The van der Waals surface area contributed by atoms with E-state index in [2.05, 4.69) is 89.1 Å². The van der Waals surface area contributed by atoms with Gasteiger partial charge in [-0.3, -0.25) is 63.6 Å². The Morgan fingerprint density at radius 2 is 0.595 bits per heavy atom. The van der Waals surface area contributed by atoms with Gasteiger partial charge < -0.3 is 134 Å². The molecule has 13 atom stereocenters. The van der Waals surface area contributed by atoms with Crippen LogP contribution in [0.15, 0.2) is 122 Å². The van der Waals surface area contributed by atoms with Gasteiger partial charge in [0.25, 0.3) is 0 Å². The van der Waals surface area contributed by atoms with Crippen LogP contribution in [0, 0.1) is 22.7 Å². The maximum absolute atomic E-state index is 15.9. The summed E-state index contributed by atoms with van der Waals surface area (Å²) in [6, 6.07) is 12.7. The van der Waals surface area contributed by atoms with Crippen molar-refractivity contribution in [3.05, 3.63) is 144 Å². The van der Waals surface area contributed by atoms with Gasteiger partial charge in [0.15, 0.2) is 11.9 Å². The Balaban J connectivity index is 1.11. The standard InChI is InChI=1S/C92H136N26O13/c1-5-54(4)78(118-88(128)77(48-58-52-107-67-32-13-9-27-62(58)67)114-83(123)70(35-16-20-40-95)110-81(121)71(37-23-43-103-92(100)101)108-79(119)63(97)28-22-42-102-91(98)99)89(129)117-76(47-57-51-106-66-31-12-8-26-61(57)66)87(127)116-75(46-56-50-105-65-30-11-7-25-60(56)65)86(126)113-73(44-53(2)3)84(124)115-74(45-55-49-104-64-29-10-6-24-59(55)64)85(125)111-68(33-14-18-38-93)80(120)109-69(34-15-19-39-94)82(122)112-72(90(130)131)36-17-21-41-96/h6-13,24-27,29-32,49-54,63,68-78,104-107H,5,14-23,28,33-48,93-97H2,1-4H3,(H,108,119)(H,109,120)(H,110,121)(H,111,125)(H,112,122)(H,113,126)(H,114,123)(H,115,124)(H,116,127)(H,117,129)(H,118,128)(H,130,131)(H4,98,99,102)(H4,100,101,103)/t54-,63-,68-,69-,70-,71-,72-,73-,74-,75-,76-,77-,78-/m0/s1. The van der Waals surface area contributed by atoms with E-state index in [9.17, 15) is 29.1 Å². The third-order valence-electron chi connectivity index (χ3n) is 23.3. The molecular formula is C92H136N26O13. The number of aliphatic carboxylic acids is 1. The molecule has 8 rings (SSSR count). The van der Waals surface area contributed by atoms with Crippen molar-refractivity contribution in [2.24, 2.45) is 52.0 Å². The topological polar surface area (TPSA) is 674 Å². The lowest BCUT2D eigenvalue weighted by Gasteiger charge is -2.30. The lowest BCUT2D eigenvalue weighted by molar-refractivity contribution is -0.142. The molecule has 0 aliphatic rings. The lowest BCUT2D eigenvalue weighted by Crippen LogP contribution is -2.62. The second-order valence-electron chi connectivity index (χ2n) is 33.9. The fourth-order valence-electron chi connectivity index (χ4n) is 15.8. The fraction of sp³-hybridized carbons (Fsp3) is 0.500. The highest BCUT2D eigenvalue weighted by atomic mass is 16.4. The summed E-state index contributed by atoms with van der Waals surface area (Å²) >= 11 is 0. The van der Waals surface area contributed by atoms with Crippen molar-refractivity contribution in [1.82, 2.24) is 89.1 Å². The Morgan fingerprint density at radius 1 is 0.336 bits per heavy atom. The zero-order chi connectivity index (χ0) is 95.1. The van der Waals surface area contributed by atoms with Gasteiger partial charge >= 0.3 is 5.97 Å². The second kappa shape index (κ2) is 53.2. The minimum atomic E-state index is -1.53. The zero-order valence-corrected chi connectivity index (χ0v) is 75.3. The zero-order valence-electron chi connectivity index (χ0n) is 75.3. The molecule has 0 spiro atoms. The molecular weight excluding hydrogens is 1680 g/mol. The van der Waals surface area contributed by atoms with Crippen molar-refractivity contribution in [1.29, 1.82) is 10.8 Å². The number of fused-ring (bicyclic) bond motifs is 4. The van der Waals surface area contributed by atoms with Gasteiger partial charge in [-0.2, -0.15) is 0 Å². The van der Waals surface area contributed by atoms with Gasteiger partial charge in [0.1, 0.15) is 66.5 Å². The van der Waals surface area contributed by atoms with Crippen LogP contribution in [0.1, 0.15) is 166 Å². The number of carbonyl (C=O) groups is 12. The number of nitrogens with one attached hydrogen (secondary N) is 19. The first-order valence-electron chi connectivity index (χ1n) is 45.4. The number of H-pyrrole nitrogens is 4. The summed E-state index contributed by atoms with van der Waals surface area (Å²) < 4.78 is 0. The van der Waals surface area contributed by atoms with Crippen molar-refractivity contribution >= 4 is 126 Å². The van der Waals surface area contributed by atoms with Crippen molar-refractivity contribution in [3.8, 4) is 0 Å². The molecule has 0 fully saturated rings. The number of carbonyl (C=O) groups excluding carboxylic acids is 11. The smallest absolute Gasteiger partial charge is 0.326 e. The number of carboxylic acids is 1. The van der Waals surface area contributed by atoms with Gasteiger partial charge in [0, 0.05) is 107 Å². The molecule has 0 saturated heterocycles. The van der Waals surface area contributed by atoms with Crippen LogP contribution in [0.2, 0.25) is 0 Å². The van der Waals surface area contributed by atoms with Gasteiger partial charge in [-0.1, -0.05) is 107 Å². The normalized spacial score (nSPS) is 14.4. The van der Waals surface area contributed by atoms with Crippen LogP contribution in [0.5, 0.6) is 0 Å². The maximum Gasteiger partial charge on any atom is 0.326 e. The van der Waals surface area contributed by atoms with Crippen molar-refractivity contribution < 1.29 is 62.6 Å². The molecule has 0 aliphatic carbocycles. The molecule has 0 aliphatic heterocycles. The van der Waals surface area contributed by atoms with E-state index in [1.807, 2.05) is 98.8 Å². The number of unbranched alkanes of at least 4 members (excludes halogenated alkanes) is 4. The Morgan fingerprint density at radius 3 is 0.908 bits per heavy atom. The van der Waals surface area contributed by atoms with Crippen LogP contribution < -0.4 is 109 Å².